The highest BCUT2D eigenvalue weighted by atomic mass is 16.5. The highest BCUT2D eigenvalue weighted by molar-refractivity contribution is 5.85. The van der Waals surface area contributed by atoms with E-state index in [9.17, 15) is 9.59 Å². The van der Waals surface area contributed by atoms with Crippen molar-refractivity contribution in [1.82, 2.24) is 0 Å². The van der Waals surface area contributed by atoms with Gasteiger partial charge in [0.25, 0.3) is 0 Å². The Bertz CT molecular complexity index is 1290. The summed E-state index contributed by atoms with van der Waals surface area (Å²) in [4.78, 5) is 25.3. The van der Waals surface area contributed by atoms with Crippen molar-refractivity contribution >= 4 is 16.9 Å². The van der Waals surface area contributed by atoms with Gasteiger partial charge in [0.2, 0.25) is 5.43 Å². The molecular formula is C25H20O6. The lowest BCUT2D eigenvalue weighted by molar-refractivity contribution is -0.133. The molecule has 0 amide bonds. The van der Waals surface area contributed by atoms with Gasteiger partial charge in [-0.2, -0.15) is 0 Å². The van der Waals surface area contributed by atoms with Crippen LogP contribution in [0.5, 0.6) is 17.2 Å². The number of para-hydroxylation sites is 1. The lowest BCUT2D eigenvalue weighted by atomic mass is 10.0. The molecule has 0 aliphatic carbocycles. The summed E-state index contributed by atoms with van der Waals surface area (Å²) in [5.74, 6) is 1.18. The number of rotatable bonds is 6. The molecule has 6 nitrogen and oxygen atoms in total. The molecule has 0 atom stereocenters. The summed E-state index contributed by atoms with van der Waals surface area (Å²) >= 11 is 0. The molecule has 0 saturated heterocycles. The standard InChI is InChI=1S/C25H20O6/c1-28-17-9-7-16(8-10-17)13-24(26)31-18-11-12-20-23(14-18)30-15-21(25(20)27)19-5-3-4-6-22(19)29-2/h3-12,14-15H,13H2,1-2H3. The van der Waals surface area contributed by atoms with E-state index in [0.717, 1.165) is 5.56 Å². The summed E-state index contributed by atoms with van der Waals surface area (Å²) in [7, 11) is 3.13. The van der Waals surface area contributed by atoms with E-state index in [0.29, 0.717) is 39.3 Å². The zero-order chi connectivity index (χ0) is 21.8. The van der Waals surface area contributed by atoms with Crippen LogP contribution in [0, 0.1) is 0 Å². The Morgan fingerprint density at radius 2 is 1.61 bits per heavy atom. The topological polar surface area (TPSA) is 75.0 Å². The van der Waals surface area contributed by atoms with E-state index < -0.39 is 5.97 Å². The summed E-state index contributed by atoms with van der Waals surface area (Å²) < 4.78 is 21.6. The van der Waals surface area contributed by atoms with Crippen molar-refractivity contribution in [2.24, 2.45) is 0 Å². The van der Waals surface area contributed by atoms with Gasteiger partial charge in [-0.05, 0) is 35.9 Å². The van der Waals surface area contributed by atoms with Gasteiger partial charge in [0, 0.05) is 11.6 Å². The van der Waals surface area contributed by atoms with Crippen molar-refractivity contribution in [1.29, 1.82) is 0 Å². The van der Waals surface area contributed by atoms with Gasteiger partial charge >= 0.3 is 5.97 Å². The fourth-order valence-corrected chi connectivity index (χ4v) is 3.30. The van der Waals surface area contributed by atoms with Crippen molar-refractivity contribution in [2.75, 3.05) is 14.2 Å². The van der Waals surface area contributed by atoms with Crippen LogP contribution in [0.4, 0.5) is 0 Å². The summed E-state index contributed by atoms with van der Waals surface area (Å²) in [6.07, 6.45) is 1.50. The smallest absolute Gasteiger partial charge is 0.315 e. The summed E-state index contributed by atoms with van der Waals surface area (Å²) in [6, 6.07) is 19.1. The molecular weight excluding hydrogens is 396 g/mol. The minimum absolute atomic E-state index is 0.110. The van der Waals surface area contributed by atoms with Crippen LogP contribution in [0.2, 0.25) is 0 Å². The molecule has 0 aliphatic heterocycles. The molecule has 3 aromatic carbocycles. The first-order valence-corrected chi connectivity index (χ1v) is 9.61. The molecule has 6 heteroatoms. The van der Waals surface area contributed by atoms with Gasteiger partial charge in [-0.25, -0.2) is 0 Å². The van der Waals surface area contributed by atoms with Gasteiger partial charge in [0.15, 0.2) is 0 Å². The lowest BCUT2D eigenvalue weighted by Gasteiger charge is -2.09. The third-order valence-electron chi connectivity index (χ3n) is 4.88. The Balaban J connectivity index is 1.57. The number of carbonyl (C=O) groups is 1. The van der Waals surface area contributed by atoms with Crippen LogP contribution in [-0.2, 0) is 11.2 Å². The predicted molar refractivity (Wildman–Crippen MR) is 117 cm³/mol. The third kappa shape index (κ3) is 4.28. The monoisotopic (exact) mass is 416 g/mol. The van der Waals surface area contributed by atoms with Crippen molar-refractivity contribution in [3.05, 3.63) is 88.8 Å². The van der Waals surface area contributed by atoms with E-state index in [4.69, 9.17) is 18.6 Å². The van der Waals surface area contributed by atoms with Crippen LogP contribution < -0.4 is 19.6 Å². The van der Waals surface area contributed by atoms with E-state index in [1.165, 1.54) is 12.3 Å². The highest BCUT2D eigenvalue weighted by Crippen LogP contribution is 2.29. The van der Waals surface area contributed by atoms with Crippen molar-refractivity contribution in [3.8, 4) is 28.4 Å². The maximum absolute atomic E-state index is 13.0. The normalized spacial score (nSPS) is 10.6. The van der Waals surface area contributed by atoms with Gasteiger partial charge in [0.05, 0.1) is 31.6 Å². The molecule has 4 rings (SSSR count). The second-order valence-electron chi connectivity index (χ2n) is 6.84. The largest absolute Gasteiger partial charge is 0.497 e. The maximum Gasteiger partial charge on any atom is 0.315 e. The number of ether oxygens (including phenoxy) is 3. The summed E-state index contributed by atoms with van der Waals surface area (Å²) in [5, 5.41) is 0.387. The molecule has 0 radical (unpaired) electrons. The molecule has 156 valence electrons. The Morgan fingerprint density at radius 1 is 0.871 bits per heavy atom. The van der Waals surface area contributed by atoms with Gasteiger partial charge < -0.3 is 18.6 Å². The first-order valence-electron chi connectivity index (χ1n) is 9.61. The van der Waals surface area contributed by atoms with Crippen LogP contribution in [0.3, 0.4) is 0 Å². The SMILES string of the molecule is COc1ccc(CC(=O)Oc2ccc3c(=O)c(-c4ccccc4OC)coc3c2)cc1. The van der Waals surface area contributed by atoms with Crippen LogP contribution in [0.1, 0.15) is 5.56 Å². The van der Waals surface area contributed by atoms with Crippen LogP contribution >= 0.6 is 0 Å². The molecule has 1 aromatic heterocycles. The van der Waals surface area contributed by atoms with Crippen molar-refractivity contribution < 1.29 is 23.4 Å². The number of fused-ring (bicyclic) bond motifs is 1. The van der Waals surface area contributed by atoms with Crippen molar-refractivity contribution in [2.45, 2.75) is 6.42 Å². The fraction of sp³-hybridized carbons (Fsp3) is 0.120. The maximum atomic E-state index is 13.0. The quantitative estimate of drug-likeness (QED) is 0.337. The van der Waals surface area contributed by atoms with Gasteiger partial charge in [-0.3, -0.25) is 9.59 Å². The van der Waals surface area contributed by atoms with Crippen LogP contribution in [0.15, 0.2) is 82.2 Å². The molecule has 0 saturated carbocycles. The Morgan fingerprint density at radius 3 is 2.35 bits per heavy atom. The second-order valence-corrected chi connectivity index (χ2v) is 6.84. The summed E-state index contributed by atoms with van der Waals surface area (Å²) in [5.41, 5.74) is 1.99. The fourth-order valence-electron chi connectivity index (χ4n) is 3.30. The molecule has 0 aliphatic rings. The molecule has 31 heavy (non-hydrogen) atoms. The molecule has 0 fully saturated rings. The number of benzene rings is 3. The number of hydrogen-bond donors (Lipinski definition) is 0. The molecule has 4 aromatic rings. The molecule has 1 heterocycles. The minimum Gasteiger partial charge on any atom is -0.497 e. The minimum atomic E-state index is -0.419. The van der Waals surface area contributed by atoms with Gasteiger partial charge in [0.1, 0.15) is 29.1 Å². The zero-order valence-corrected chi connectivity index (χ0v) is 17.1. The van der Waals surface area contributed by atoms with Crippen molar-refractivity contribution in [3.63, 3.8) is 0 Å². The lowest BCUT2D eigenvalue weighted by Crippen LogP contribution is -2.11. The molecule has 0 bridgehead atoms. The number of hydrogen-bond acceptors (Lipinski definition) is 6. The number of carbonyl (C=O) groups excluding carboxylic acids is 1. The molecule has 0 unspecified atom stereocenters. The third-order valence-corrected chi connectivity index (χ3v) is 4.88. The van der Waals surface area contributed by atoms with E-state index in [1.54, 1.807) is 62.8 Å². The Hall–Kier alpha value is -4.06. The summed E-state index contributed by atoms with van der Waals surface area (Å²) in [6.45, 7) is 0. The first kappa shape index (κ1) is 20.2. The Kier molecular flexibility index (Phi) is 5.71. The predicted octanol–water partition coefficient (Wildman–Crippen LogP) is 4.63. The van der Waals surface area contributed by atoms with Crippen LogP contribution in [0.25, 0.3) is 22.1 Å². The average molecular weight is 416 g/mol. The molecule has 0 spiro atoms. The number of methoxy groups -OCH3 is 2. The van der Waals surface area contributed by atoms with Gasteiger partial charge in [-0.15, -0.1) is 0 Å². The highest BCUT2D eigenvalue weighted by Gasteiger charge is 2.14. The van der Waals surface area contributed by atoms with Crippen LogP contribution in [-0.4, -0.2) is 20.2 Å². The Labute approximate surface area is 178 Å². The second kappa shape index (κ2) is 8.75. The van der Waals surface area contributed by atoms with E-state index in [-0.39, 0.29) is 11.8 Å². The zero-order valence-electron chi connectivity index (χ0n) is 17.1. The first-order chi connectivity index (χ1) is 15.1. The van der Waals surface area contributed by atoms with E-state index in [1.807, 2.05) is 12.1 Å². The molecule has 0 N–H and O–H groups in total. The number of esters is 1. The van der Waals surface area contributed by atoms with E-state index in [2.05, 4.69) is 0 Å². The average Bonchev–Trinajstić information content (AvgIpc) is 2.80. The van der Waals surface area contributed by atoms with Gasteiger partial charge in [-0.1, -0.05) is 30.3 Å². The van der Waals surface area contributed by atoms with E-state index >= 15 is 0 Å².